The van der Waals surface area contributed by atoms with E-state index in [2.05, 4.69) is 27.1 Å². The highest BCUT2D eigenvalue weighted by molar-refractivity contribution is 7.90. The number of aromatic nitrogens is 2. The Kier molecular flexibility index (Phi) is 7.49. The third kappa shape index (κ3) is 6.02. The number of amides is 1. The maximum atomic E-state index is 13.2. The van der Waals surface area contributed by atoms with Gasteiger partial charge in [0, 0.05) is 50.8 Å². The monoisotopic (exact) mass is 542 g/mol. The van der Waals surface area contributed by atoms with Crippen LogP contribution in [-0.4, -0.2) is 61.4 Å². The number of nitrogen functional groups attached to an aromatic ring is 1. The van der Waals surface area contributed by atoms with Crippen LogP contribution in [0.5, 0.6) is 0 Å². The van der Waals surface area contributed by atoms with Crippen molar-refractivity contribution in [3.63, 3.8) is 0 Å². The van der Waals surface area contributed by atoms with E-state index >= 15 is 0 Å². The van der Waals surface area contributed by atoms with E-state index in [0.717, 1.165) is 47.1 Å². The Morgan fingerprint density at radius 3 is 2.46 bits per heavy atom. The molecule has 0 saturated carbocycles. The van der Waals surface area contributed by atoms with Crippen molar-refractivity contribution < 1.29 is 13.2 Å². The number of nitrogens with zero attached hydrogens (tertiary/aromatic N) is 4. The van der Waals surface area contributed by atoms with E-state index in [1.807, 2.05) is 12.1 Å². The fourth-order valence-electron chi connectivity index (χ4n) is 4.35. The highest BCUT2D eigenvalue weighted by atomic mass is 32.2. The van der Waals surface area contributed by atoms with E-state index < -0.39 is 10.0 Å². The van der Waals surface area contributed by atoms with Crippen LogP contribution in [0.2, 0.25) is 0 Å². The SMILES string of the molecule is CN1CCN(c2cc(-c3ccc(S(=O)(=O)n4ccc(/C=C/C(=O)Nc5ccccc5N)c4)cc3)ccn2)CC1. The van der Waals surface area contributed by atoms with Gasteiger partial charge in [-0.05, 0) is 72.3 Å². The van der Waals surface area contributed by atoms with Crippen LogP contribution in [0.1, 0.15) is 5.56 Å². The van der Waals surface area contributed by atoms with Gasteiger partial charge in [0.2, 0.25) is 5.91 Å². The highest BCUT2D eigenvalue weighted by Crippen LogP contribution is 2.26. The number of hydrogen-bond donors (Lipinski definition) is 2. The minimum atomic E-state index is -3.80. The van der Waals surface area contributed by atoms with Crippen LogP contribution >= 0.6 is 0 Å². The quantitative estimate of drug-likeness (QED) is 0.270. The molecule has 0 bridgehead atoms. The lowest BCUT2D eigenvalue weighted by atomic mass is 10.1. The summed E-state index contributed by atoms with van der Waals surface area (Å²) in [5.41, 5.74) is 9.28. The zero-order valence-corrected chi connectivity index (χ0v) is 22.4. The summed E-state index contributed by atoms with van der Waals surface area (Å²) in [5, 5.41) is 2.70. The van der Waals surface area contributed by atoms with Crippen LogP contribution in [0.15, 0.2) is 96.3 Å². The van der Waals surface area contributed by atoms with E-state index in [1.54, 1.807) is 66.9 Å². The Morgan fingerprint density at radius 1 is 0.974 bits per heavy atom. The first-order valence-corrected chi connectivity index (χ1v) is 14.0. The molecule has 0 atom stereocenters. The van der Waals surface area contributed by atoms with E-state index in [1.165, 1.54) is 18.5 Å². The van der Waals surface area contributed by atoms with Gasteiger partial charge in [0.15, 0.2) is 0 Å². The molecule has 0 spiro atoms. The van der Waals surface area contributed by atoms with Crippen LogP contribution < -0.4 is 16.0 Å². The number of piperazine rings is 1. The highest BCUT2D eigenvalue weighted by Gasteiger charge is 2.18. The molecule has 9 nitrogen and oxygen atoms in total. The van der Waals surface area contributed by atoms with Gasteiger partial charge in [-0.1, -0.05) is 24.3 Å². The molecule has 2 aromatic carbocycles. The molecule has 3 N–H and O–H groups in total. The van der Waals surface area contributed by atoms with Crippen molar-refractivity contribution in [1.29, 1.82) is 0 Å². The zero-order valence-electron chi connectivity index (χ0n) is 21.6. The Morgan fingerprint density at radius 2 is 1.72 bits per heavy atom. The molecule has 1 fully saturated rings. The first-order chi connectivity index (χ1) is 18.8. The number of rotatable bonds is 7. The second-order valence-corrected chi connectivity index (χ2v) is 11.3. The fourth-order valence-corrected chi connectivity index (χ4v) is 5.55. The predicted octanol–water partition coefficient (Wildman–Crippen LogP) is 3.77. The first kappa shape index (κ1) is 26.2. The number of nitrogens with one attached hydrogen (secondary N) is 1. The molecule has 0 unspecified atom stereocenters. The average molecular weight is 543 g/mol. The van der Waals surface area contributed by atoms with E-state index in [4.69, 9.17) is 5.73 Å². The number of nitrogens with two attached hydrogens (primary N) is 1. The molecule has 0 aliphatic carbocycles. The normalized spacial score (nSPS) is 14.5. The average Bonchev–Trinajstić information content (AvgIpc) is 3.44. The predicted molar refractivity (Wildman–Crippen MR) is 155 cm³/mol. The molecule has 3 heterocycles. The molecule has 0 radical (unpaired) electrons. The summed E-state index contributed by atoms with van der Waals surface area (Å²) < 4.78 is 27.6. The van der Waals surface area contributed by atoms with Crippen LogP contribution in [0.3, 0.4) is 0 Å². The van der Waals surface area contributed by atoms with Gasteiger partial charge in [0.25, 0.3) is 10.0 Å². The van der Waals surface area contributed by atoms with Gasteiger partial charge in [-0.2, -0.15) is 0 Å². The summed E-state index contributed by atoms with van der Waals surface area (Å²) in [6, 6.07) is 19.4. The van der Waals surface area contributed by atoms with Gasteiger partial charge in [-0.3, -0.25) is 4.79 Å². The number of likely N-dealkylation sites (N-methyl/N-ethyl adjacent to an activating group) is 1. The Balaban J connectivity index is 1.27. The molecule has 4 aromatic rings. The minimum Gasteiger partial charge on any atom is -0.397 e. The zero-order chi connectivity index (χ0) is 27.4. The molecule has 2 aromatic heterocycles. The van der Waals surface area contributed by atoms with Gasteiger partial charge in [-0.15, -0.1) is 0 Å². The van der Waals surface area contributed by atoms with Gasteiger partial charge < -0.3 is 20.9 Å². The molecular weight excluding hydrogens is 512 g/mol. The van der Waals surface area contributed by atoms with Crippen molar-refractivity contribution in [3.05, 3.63) is 97.0 Å². The Labute approximate surface area is 228 Å². The molecule has 1 aliphatic heterocycles. The minimum absolute atomic E-state index is 0.169. The van der Waals surface area contributed by atoms with Crippen LogP contribution in [-0.2, 0) is 14.8 Å². The van der Waals surface area contributed by atoms with Crippen molar-refractivity contribution in [2.75, 3.05) is 49.2 Å². The Bertz CT molecular complexity index is 1600. The third-order valence-corrected chi connectivity index (χ3v) is 8.32. The van der Waals surface area contributed by atoms with Gasteiger partial charge in [0.05, 0.1) is 16.3 Å². The first-order valence-electron chi connectivity index (χ1n) is 12.6. The largest absolute Gasteiger partial charge is 0.397 e. The number of para-hydroxylation sites is 2. The molecule has 1 saturated heterocycles. The summed E-state index contributed by atoms with van der Waals surface area (Å²) in [5.74, 6) is 0.553. The molecule has 10 heteroatoms. The standard InChI is InChI=1S/C29H30N6O3S/c1-33-16-18-34(19-17-33)28-20-24(12-14-31-28)23-7-9-25(10-8-23)39(37,38)35-15-13-22(21-35)6-11-29(36)32-27-5-3-2-4-26(27)30/h2-15,20-21H,16-19,30H2,1H3,(H,32,36)/b11-6+. The maximum Gasteiger partial charge on any atom is 0.267 e. The third-order valence-electron chi connectivity index (χ3n) is 6.67. The van der Waals surface area contributed by atoms with E-state index in [9.17, 15) is 13.2 Å². The lowest BCUT2D eigenvalue weighted by Gasteiger charge is -2.33. The van der Waals surface area contributed by atoms with E-state index in [0.29, 0.717) is 16.9 Å². The smallest absolute Gasteiger partial charge is 0.267 e. The van der Waals surface area contributed by atoms with Crippen molar-refractivity contribution in [2.45, 2.75) is 4.90 Å². The lowest BCUT2D eigenvalue weighted by molar-refractivity contribution is -0.111. The molecule has 5 rings (SSSR count). The van der Waals surface area contributed by atoms with Gasteiger partial charge >= 0.3 is 0 Å². The van der Waals surface area contributed by atoms with Crippen LogP contribution in [0, 0.1) is 0 Å². The van der Waals surface area contributed by atoms with E-state index in [-0.39, 0.29) is 10.8 Å². The van der Waals surface area contributed by atoms with Crippen molar-refractivity contribution in [1.82, 2.24) is 13.9 Å². The topological polar surface area (TPSA) is 114 Å². The van der Waals surface area contributed by atoms with Crippen LogP contribution in [0.4, 0.5) is 17.2 Å². The second kappa shape index (κ2) is 11.1. The van der Waals surface area contributed by atoms with Gasteiger partial charge in [-0.25, -0.2) is 17.4 Å². The summed E-state index contributed by atoms with van der Waals surface area (Å²) in [6.45, 7) is 3.83. The number of anilines is 3. The van der Waals surface area contributed by atoms with Crippen LogP contribution in [0.25, 0.3) is 17.2 Å². The lowest BCUT2D eigenvalue weighted by Crippen LogP contribution is -2.44. The molecule has 1 aliphatic rings. The summed E-state index contributed by atoms with van der Waals surface area (Å²) in [6.07, 6.45) is 7.59. The van der Waals surface area contributed by atoms with Crippen molar-refractivity contribution >= 4 is 39.2 Å². The maximum absolute atomic E-state index is 13.2. The number of hydrogen-bond acceptors (Lipinski definition) is 7. The number of carbonyl (C=O) groups excluding carboxylic acids is 1. The number of pyridine rings is 1. The Hall–Kier alpha value is -4.41. The summed E-state index contributed by atoms with van der Waals surface area (Å²) in [7, 11) is -1.68. The molecular formula is C29H30N6O3S. The number of benzene rings is 2. The molecule has 200 valence electrons. The molecule has 39 heavy (non-hydrogen) atoms. The second-order valence-electron chi connectivity index (χ2n) is 9.41. The fraction of sp³-hybridized carbons (Fsp3) is 0.172. The van der Waals surface area contributed by atoms with Crippen molar-refractivity contribution in [3.8, 4) is 11.1 Å². The number of carbonyl (C=O) groups is 1. The molecule has 1 amide bonds. The van der Waals surface area contributed by atoms with Crippen molar-refractivity contribution in [2.24, 2.45) is 0 Å². The summed E-state index contributed by atoms with van der Waals surface area (Å²) in [4.78, 5) is 21.5. The van der Waals surface area contributed by atoms with Gasteiger partial charge in [0.1, 0.15) is 5.82 Å². The summed E-state index contributed by atoms with van der Waals surface area (Å²) >= 11 is 0.